The smallest absolute Gasteiger partial charge is 0.263 e. The Bertz CT molecular complexity index is 785. The summed E-state index contributed by atoms with van der Waals surface area (Å²) in [6.07, 6.45) is 3.51. The van der Waals surface area contributed by atoms with Crippen LogP contribution in [0.2, 0.25) is 0 Å². The number of amides is 2. The van der Waals surface area contributed by atoms with Gasteiger partial charge in [-0.25, -0.2) is 0 Å². The number of H-pyrrole nitrogens is 1. The van der Waals surface area contributed by atoms with E-state index in [2.05, 4.69) is 25.7 Å². The summed E-state index contributed by atoms with van der Waals surface area (Å²) < 4.78 is 6.01. The van der Waals surface area contributed by atoms with Crippen molar-refractivity contribution in [1.82, 2.24) is 20.8 Å². The van der Waals surface area contributed by atoms with Crippen LogP contribution in [0.5, 0.6) is 5.75 Å². The van der Waals surface area contributed by atoms with Crippen LogP contribution in [0, 0.1) is 0 Å². The van der Waals surface area contributed by atoms with Gasteiger partial charge in [-0.15, -0.1) is 11.3 Å². The van der Waals surface area contributed by atoms with E-state index in [0.717, 1.165) is 21.9 Å². The zero-order chi connectivity index (χ0) is 16.7. The SMILES string of the molecule is CC(=O)NC[C@@H]1COc2c(-c3cn[nH]c3)sc3c2N1CCNC3=O. The maximum absolute atomic E-state index is 12.4. The summed E-state index contributed by atoms with van der Waals surface area (Å²) in [6, 6.07) is -0.000324. The number of nitrogens with zero attached hydrogens (tertiary/aromatic N) is 2. The Morgan fingerprint density at radius 2 is 2.42 bits per heavy atom. The predicted molar refractivity (Wildman–Crippen MR) is 89.5 cm³/mol. The molecule has 0 unspecified atom stereocenters. The van der Waals surface area contributed by atoms with Gasteiger partial charge >= 0.3 is 0 Å². The number of carbonyl (C=O) groups excluding carboxylic acids is 2. The topological polar surface area (TPSA) is 99.3 Å². The first-order valence-corrected chi connectivity index (χ1v) is 8.55. The van der Waals surface area contributed by atoms with Crippen molar-refractivity contribution >= 4 is 28.8 Å². The lowest BCUT2D eigenvalue weighted by atomic mass is 10.1. The number of hydrogen-bond acceptors (Lipinski definition) is 6. The van der Waals surface area contributed by atoms with Gasteiger partial charge in [0.15, 0.2) is 5.75 Å². The number of nitrogens with one attached hydrogen (secondary N) is 3. The molecule has 0 spiro atoms. The normalized spacial score (nSPS) is 19.1. The molecular weight excluding hydrogens is 330 g/mol. The third-order valence-corrected chi connectivity index (χ3v) is 5.39. The highest BCUT2D eigenvalue weighted by atomic mass is 32.1. The van der Waals surface area contributed by atoms with E-state index in [1.54, 1.807) is 12.4 Å². The number of carbonyl (C=O) groups is 2. The maximum Gasteiger partial charge on any atom is 0.263 e. The van der Waals surface area contributed by atoms with E-state index < -0.39 is 0 Å². The van der Waals surface area contributed by atoms with Gasteiger partial charge in [0.2, 0.25) is 5.91 Å². The first-order valence-electron chi connectivity index (χ1n) is 7.73. The molecule has 2 aromatic rings. The Balaban J connectivity index is 1.77. The van der Waals surface area contributed by atoms with Crippen molar-refractivity contribution in [1.29, 1.82) is 0 Å². The highest BCUT2D eigenvalue weighted by molar-refractivity contribution is 7.18. The number of hydrogen-bond donors (Lipinski definition) is 3. The zero-order valence-corrected chi connectivity index (χ0v) is 13.9. The van der Waals surface area contributed by atoms with Gasteiger partial charge in [0.1, 0.15) is 17.2 Å². The number of aromatic amines is 1. The Morgan fingerprint density at radius 1 is 1.54 bits per heavy atom. The summed E-state index contributed by atoms with van der Waals surface area (Å²) in [5.41, 5.74) is 1.73. The van der Waals surface area contributed by atoms with Gasteiger partial charge in [-0.05, 0) is 0 Å². The second-order valence-electron chi connectivity index (χ2n) is 5.78. The molecule has 0 aromatic carbocycles. The maximum atomic E-state index is 12.4. The molecule has 4 rings (SSSR count). The Labute approximate surface area is 142 Å². The molecule has 4 heterocycles. The lowest BCUT2D eigenvalue weighted by Gasteiger charge is -2.37. The van der Waals surface area contributed by atoms with Crippen molar-refractivity contribution in [3.8, 4) is 16.2 Å². The molecule has 0 saturated heterocycles. The molecule has 126 valence electrons. The largest absolute Gasteiger partial charge is 0.488 e. The van der Waals surface area contributed by atoms with Gasteiger partial charge in [0, 0.05) is 38.3 Å². The molecular formula is C15H17N5O3S. The summed E-state index contributed by atoms with van der Waals surface area (Å²) >= 11 is 1.41. The monoisotopic (exact) mass is 347 g/mol. The van der Waals surface area contributed by atoms with Crippen molar-refractivity contribution in [2.45, 2.75) is 13.0 Å². The zero-order valence-electron chi connectivity index (χ0n) is 13.1. The molecule has 0 bridgehead atoms. The third kappa shape index (κ3) is 2.41. The summed E-state index contributed by atoms with van der Waals surface area (Å²) in [6.45, 7) is 3.69. The Hall–Kier alpha value is -2.55. The van der Waals surface area contributed by atoms with Gasteiger partial charge in [0.25, 0.3) is 5.91 Å². The molecule has 0 radical (unpaired) electrons. The highest BCUT2D eigenvalue weighted by Crippen LogP contribution is 2.50. The molecule has 9 heteroatoms. The number of ether oxygens (including phenoxy) is 1. The van der Waals surface area contributed by atoms with Crippen molar-refractivity contribution in [3.05, 3.63) is 17.3 Å². The molecule has 0 aliphatic carbocycles. The molecule has 8 nitrogen and oxygen atoms in total. The minimum absolute atomic E-state index is 0.000324. The van der Waals surface area contributed by atoms with Crippen LogP contribution in [-0.2, 0) is 4.79 Å². The molecule has 2 amide bonds. The molecule has 3 N–H and O–H groups in total. The lowest BCUT2D eigenvalue weighted by molar-refractivity contribution is -0.119. The summed E-state index contributed by atoms with van der Waals surface area (Å²) in [7, 11) is 0. The van der Waals surface area contributed by atoms with E-state index in [4.69, 9.17) is 4.74 Å². The van der Waals surface area contributed by atoms with Crippen LogP contribution in [0.1, 0.15) is 16.6 Å². The van der Waals surface area contributed by atoms with Crippen LogP contribution in [-0.4, -0.2) is 54.3 Å². The van der Waals surface area contributed by atoms with Crippen molar-refractivity contribution in [2.75, 3.05) is 31.1 Å². The van der Waals surface area contributed by atoms with E-state index in [-0.39, 0.29) is 17.9 Å². The minimum atomic E-state index is -0.0859. The van der Waals surface area contributed by atoms with Gasteiger partial charge in [0.05, 0.1) is 17.1 Å². The highest BCUT2D eigenvalue weighted by Gasteiger charge is 2.37. The summed E-state index contributed by atoms with van der Waals surface area (Å²) in [5.74, 6) is 0.569. The van der Waals surface area contributed by atoms with Crippen molar-refractivity contribution in [3.63, 3.8) is 0 Å². The fraction of sp³-hybridized carbons (Fsp3) is 0.400. The first-order chi connectivity index (χ1) is 11.6. The van der Waals surface area contributed by atoms with Crippen LogP contribution >= 0.6 is 11.3 Å². The fourth-order valence-corrected chi connectivity index (χ4v) is 4.22. The van der Waals surface area contributed by atoms with E-state index in [9.17, 15) is 9.59 Å². The molecule has 24 heavy (non-hydrogen) atoms. The average Bonchev–Trinajstić information content (AvgIpc) is 3.17. The summed E-state index contributed by atoms with van der Waals surface area (Å²) in [4.78, 5) is 27.4. The Kier molecular flexibility index (Phi) is 3.64. The molecule has 0 saturated carbocycles. The number of thiophene rings is 1. The van der Waals surface area contributed by atoms with Gasteiger partial charge in [-0.3, -0.25) is 14.7 Å². The van der Waals surface area contributed by atoms with Crippen molar-refractivity contribution in [2.24, 2.45) is 0 Å². The van der Waals surface area contributed by atoms with Gasteiger partial charge < -0.3 is 20.3 Å². The molecule has 2 aromatic heterocycles. The molecule has 0 fully saturated rings. The third-order valence-electron chi connectivity index (χ3n) is 4.18. The fourth-order valence-electron chi connectivity index (χ4n) is 3.07. The number of rotatable bonds is 3. The quantitative estimate of drug-likeness (QED) is 0.754. The van der Waals surface area contributed by atoms with Crippen LogP contribution in [0.4, 0.5) is 5.69 Å². The van der Waals surface area contributed by atoms with E-state index in [0.29, 0.717) is 31.1 Å². The van der Waals surface area contributed by atoms with Crippen LogP contribution < -0.4 is 20.3 Å². The second-order valence-corrected chi connectivity index (χ2v) is 6.80. The lowest BCUT2D eigenvalue weighted by Crippen LogP contribution is -2.50. The van der Waals surface area contributed by atoms with Gasteiger partial charge in [-0.2, -0.15) is 5.10 Å². The summed E-state index contributed by atoms with van der Waals surface area (Å²) in [5, 5.41) is 12.5. The number of aromatic nitrogens is 2. The standard InChI is InChI=1S/C15H17N5O3S/c1-8(21)17-6-10-7-23-12-11-14(15(22)16-2-3-20(10)11)24-13(12)9-4-18-19-5-9/h4-5,10H,2-3,6-7H2,1H3,(H,16,22)(H,17,21)(H,18,19)/t10-/m1/s1. The van der Waals surface area contributed by atoms with Crippen LogP contribution in [0.3, 0.4) is 0 Å². The minimum Gasteiger partial charge on any atom is -0.488 e. The number of anilines is 1. The van der Waals surface area contributed by atoms with E-state index in [1.165, 1.54) is 18.3 Å². The predicted octanol–water partition coefficient (Wildman–Crippen LogP) is 0.585. The Morgan fingerprint density at radius 3 is 3.17 bits per heavy atom. The average molecular weight is 347 g/mol. The van der Waals surface area contributed by atoms with Gasteiger partial charge in [-0.1, -0.05) is 0 Å². The van der Waals surface area contributed by atoms with Crippen LogP contribution in [0.15, 0.2) is 12.4 Å². The van der Waals surface area contributed by atoms with Crippen LogP contribution in [0.25, 0.3) is 10.4 Å². The van der Waals surface area contributed by atoms with E-state index >= 15 is 0 Å². The molecule has 2 aliphatic heterocycles. The van der Waals surface area contributed by atoms with E-state index in [1.807, 2.05) is 0 Å². The van der Waals surface area contributed by atoms with Crippen molar-refractivity contribution < 1.29 is 14.3 Å². The first kappa shape index (κ1) is 15.0. The second kappa shape index (κ2) is 5.82. The molecule has 1 atom stereocenters. The molecule has 2 aliphatic rings.